The van der Waals surface area contributed by atoms with E-state index in [2.05, 4.69) is 10.3 Å². The van der Waals surface area contributed by atoms with Crippen LogP contribution in [-0.4, -0.2) is 18.6 Å². The molecule has 1 aromatic carbocycles. The van der Waals surface area contributed by atoms with Crippen molar-refractivity contribution in [3.05, 3.63) is 59.2 Å². The predicted octanol–water partition coefficient (Wildman–Crippen LogP) is 3.24. The standard InChI is InChI=1S/C16H19FN2O/c1-4-19-16(12-5-11(2)6-14(17)7-12)13-8-15(20-3)10-18-9-13/h5-10,16,19H,4H2,1-3H3. The first-order valence-corrected chi connectivity index (χ1v) is 6.63. The van der Waals surface area contributed by atoms with Gasteiger partial charge in [-0.1, -0.05) is 13.0 Å². The lowest BCUT2D eigenvalue weighted by atomic mass is 9.98. The molecule has 1 heterocycles. The third kappa shape index (κ3) is 3.33. The number of benzene rings is 1. The Bertz CT molecular complexity index is 566. The molecule has 1 unspecified atom stereocenters. The molecule has 0 fully saturated rings. The highest BCUT2D eigenvalue weighted by Gasteiger charge is 2.15. The second-order valence-corrected chi connectivity index (χ2v) is 4.71. The van der Waals surface area contributed by atoms with Crippen LogP contribution in [0, 0.1) is 12.7 Å². The van der Waals surface area contributed by atoms with E-state index in [4.69, 9.17) is 4.74 Å². The van der Waals surface area contributed by atoms with Gasteiger partial charge in [0.05, 0.1) is 19.3 Å². The lowest BCUT2D eigenvalue weighted by Gasteiger charge is -2.19. The molecule has 1 aromatic heterocycles. The Hall–Kier alpha value is -1.94. The number of pyridine rings is 1. The average Bonchev–Trinajstić information content (AvgIpc) is 2.43. The zero-order valence-electron chi connectivity index (χ0n) is 12.0. The van der Waals surface area contributed by atoms with Crippen molar-refractivity contribution in [2.24, 2.45) is 0 Å². The summed E-state index contributed by atoms with van der Waals surface area (Å²) in [6.45, 7) is 4.68. The van der Waals surface area contributed by atoms with E-state index in [9.17, 15) is 4.39 Å². The molecule has 2 aromatic rings. The van der Waals surface area contributed by atoms with Gasteiger partial charge in [-0.05, 0) is 48.4 Å². The molecule has 1 N–H and O–H groups in total. The zero-order chi connectivity index (χ0) is 14.5. The number of nitrogens with one attached hydrogen (secondary N) is 1. The van der Waals surface area contributed by atoms with Crippen LogP contribution in [0.25, 0.3) is 0 Å². The Labute approximate surface area is 118 Å². The molecule has 0 radical (unpaired) electrons. The molecule has 2 rings (SSSR count). The van der Waals surface area contributed by atoms with Crippen LogP contribution < -0.4 is 10.1 Å². The Morgan fingerprint density at radius 1 is 1.20 bits per heavy atom. The second kappa shape index (κ2) is 6.48. The van der Waals surface area contributed by atoms with Crippen LogP contribution in [0.15, 0.2) is 36.7 Å². The molecule has 106 valence electrons. The molecule has 0 saturated carbocycles. The van der Waals surface area contributed by atoms with Crippen LogP contribution in [0.3, 0.4) is 0 Å². The maximum Gasteiger partial charge on any atom is 0.137 e. The number of hydrogen-bond acceptors (Lipinski definition) is 3. The Kier molecular flexibility index (Phi) is 4.69. The molecule has 0 aliphatic carbocycles. The van der Waals surface area contributed by atoms with Gasteiger partial charge < -0.3 is 10.1 Å². The van der Waals surface area contributed by atoms with Gasteiger partial charge in [-0.25, -0.2) is 4.39 Å². The van der Waals surface area contributed by atoms with E-state index in [1.54, 1.807) is 25.6 Å². The van der Waals surface area contributed by atoms with Crippen molar-refractivity contribution in [3.63, 3.8) is 0 Å². The van der Waals surface area contributed by atoms with Crippen molar-refractivity contribution < 1.29 is 9.13 Å². The molecule has 3 nitrogen and oxygen atoms in total. The van der Waals surface area contributed by atoms with Gasteiger partial charge >= 0.3 is 0 Å². The molecule has 0 amide bonds. The highest BCUT2D eigenvalue weighted by Crippen LogP contribution is 2.25. The van der Waals surface area contributed by atoms with E-state index in [1.807, 2.05) is 26.0 Å². The smallest absolute Gasteiger partial charge is 0.137 e. The van der Waals surface area contributed by atoms with E-state index in [1.165, 1.54) is 6.07 Å². The van der Waals surface area contributed by atoms with Gasteiger partial charge in [0.1, 0.15) is 11.6 Å². The van der Waals surface area contributed by atoms with Gasteiger partial charge in [0.2, 0.25) is 0 Å². The summed E-state index contributed by atoms with van der Waals surface area (Å²) >= 11 is 0. The fourth-order valence-electron chi connectivity index (χ4n) is 2.27. The molecular formula is C16H19FN2O. The lowest BCUT2D eigenvalue weighted by molar-refractivity contribution is 0.411. The Morgan fingerprint density at radius 3 is 2.65 bits per heavy atom. The average molecular weight is 274 g/mol. The van der Waals surface area contributed by atoms with Gasteiger partial charge in [-0.2, -0.15) is 0 Å². The van der Waals surface area contributed by atoms with Gasteiger partial charge in [0, 0.05) is 6.20 Å². The van der Waals surface area contributed by atoms with E-state index < -0.39 is 0 Å². The summed E-state index contributed by atoms with van der Waals surface area (Å²) < 4.78 is 18.8. The summed E-state index contributed by atoms with van der Waals surface area (Å²) in [4.78, 5) is 4.17. The van der Waals surface area contributed by atoms with E-state index in [0.29, 0.717) is 5.75 Å². The third-order valence-electron chi connectivity index (χ3n) is 3.11. The maximum absolute atomic E-state index is 13.6. The third-order valence-corrected chi connectivity index (χ3v) is 3.11. The summed E-state index contributed by atoms with van der Waals surface area (Å²) in [6.07, 6.45) is 3.43. The van der Waals surface area contributed by atoms with Gasteiger partial charge in [-0.15, -0.1) is 0 Å². The minimum absolute atomic E-state index is 0.100. The molecule has 20 heavy (non-hydrogen) atoms. The number of nitrogens with zero attached hydrogens (tertiary/aromatic N) is 1. The normalized spacial score (nSPS) is 12.2. The Morgan fingerprint density at radius 2 is 2.00 bits per heavy atom. The van der Waals surface area contributed by atoms with Crippen LogP contribution in [0.1, 0.15) is 29.7 Å². The summed E-state index contributed by atoms with van der Waals surface area (Å²) in [5, 5.41) is 3.36. The van der Waals surface area contributed by atoms with Crippen LogP contribution in [-0.2, 0) is 0 Å². The fourth-order valence-corrected chi connectivity index (χ4v) is 2.27. The zero-order valence-corrected chi connectivity index (χ0v) is 12.0. The Balaban J connectivity index is 2.43. The maximum atomic E-state index is 13.6. The summed E-state index contributed by atoms with van der Waals surface area (Å²) in [5.41, 5.74) is 2.74. The predicted molar refractivity (Wildman–Crippen MR) is 77.4 cm³/mol. The number of hydrogen-bond donors (Lipinski definition) is 1. The highest BCUT2D eigenvalue weighted by molar-refractivity contribution is 5.36. The van der Waals surface area contributed by atoms with E-state index >= 15 is 0 Å². The van der Waals surface area contributed by atoms with Crippen molar-refractivity contribution in [1.82, 2.24) is 10.3 Å². The first-order chi connectivity index (χ1) is 9.63. The minimum atomic E-state index is -0.223. The fraction of sp³-hybridized carbons (Fsp3) is 0.312. The van der Waals surface area contributed by atoms with Crippen LogP contribution in [0.4, 0.5) is 4.39 Å². The highest BCUT2D eigenvalue weighted by atomic mass is 19.1. The number of aromatic nitrogens is 1. The topological polar surface area (TPSA) is 34.2 Å². The molecule has 4 heteroatoms. The molecule has 0 saturated heterocycles. The number of methoxy groups -OCH3 is 1. The largest absolute Gasteiger partial charge is 0.495 e. The van der Waals surface area contributed by atoms with Crippen molar-refractivity contribution in [2.75, 3.05) is 13.7 Å². The number of halogens is 1. The SMILES string of the molecule is CCNC(c1cc(C)cc(F)c1)c1cncc(OC)c1. The van der Waals surface area contributed by atoms with Gasteiger partial charge in [-0.3, -0.25) is 4.98 Å². The quantitative estimate of drug-likeness (QED) is 0.909. The van der Waals surface area contributed by atoms with Gasteiger partial charge in [0.15, 0.2) is 0 Å². The van der Waals surface area contributed by atoms with Crippen molar-refractivity contribution in [3.8, 4) is 5.75 Å². The molecule has 0 spiro atoms. The van der Waals surface area contributed by atoms with E-state index in [0.717, 1.165) is 23.2 Å². The van der Waals surface area contributed by atoms with Gasteiger partial charge in [0.25, 0.3) is 0 Å². The second-order valence-electron chi connectivity index (χ2n) is 4.71. The number of aryl methyl sites for hydroxylation is 1. The summed E-state index contributed by atoms with van der Waals surface area (Å²) in [7, 11) is 1.61. The van der Waals surface area contributed by atoms with Crippen LogP contribution >= 0.6 is 0 Å². The molecule has 0 bridgehead atoms. The first-order valence-electron chi connectivity index (χ1n) is 6.63. The van der Waals surface area contributed by atoms with Crippen molar-refractivity contribution in [2.45, 2.75) is 19.9 Å². The van der Waals surface area contributed by atoms with Crippen LogP contribution in [0.2, 0.25) is 0 Å². The monoisotopic (exact) mass is 274 g/mol. The molecule has 1 atom stereocenters. The molecular weight excluding hydrogens is 255 g/mol. The van der Waals surface area contributed by atoms with E-state index in [-0.39, 0.29) is 11.9 Å². The lowest BCUT2D eigenvalue weighted by Crippen LogP contribution is -2.22. The van der Waals surface area contributed by atoms with Crippen molar-refractivity contribution >= 4 is 0 Å². The summed E-state index contributed by atoms with van der Waals surface area (Å²) in [6, 6.07) is 6.88. The summed E-state index contributed by atoms with van der Waals surface area (Å²) in [5.74, 6) is 0.470. The molecule has 0 aliphatic heterocycles. The number of ether oxygens (including phenoxy) is 1. The first kappa shape index (κ1) is 14.5. The molecule has 0 aliphatic rings. The number of rotatable bonds is 5. The van der Waals surface area contributed by atoms with Crippen LogP contribution in [0.5, 0.6) is 5.75 Å². The van der Waals surface area contributed by atoms with Crippen molar-refractivity contribution in [1.29, 1.82) is 0 Å². The minimum Gasteiger partial charge on any atom is -0.495 e.